The first kappa shape index (κ1) is 20.4. The van der Waals surface area contributed by atoms with E-state index in [4.69, 9.17) is 4.74 Å². The topological polar surface area (TPSA) is 59.8 Å². The highest BCUT2D eigenvalue weighted by molar-refractivity contribution is 6.47. The molecule has 2 heterocycles. The molecule has 0 spiro atoms. The van der Waals surface area contributed by atoms with Gasteiger partial charge in [-0.25, -0.2) is 0 Å². The number of fused-ring (bicyclic) bond motifs is 1. The number of carbonyl (C=O) groups is 2. The van der Waals surface area contributed by atoms with Crippen LogP contribution in [0, 0.1) is 0 Å². The minimum Gasteiger partial charge on any atom is -0.497 e. The largest absolute Gasteiger partial charge is 0.497 e. The van der Waals surface area contributed by atoms with E-state index in [9.17, 15) is 9.59 Å². The Morgan fingerprint density at radius 3 is 2.29 bits per heavy atom. The molecule has 156 valence electrons. The molecule has 2 aromatic heterocycles. The van der Waals surface area contributed by atoms with E-state index in [0.29, 0.717) is 22.9 Å². The predicted octanol–water partition coefficient (Wildman–Crippen LogP) is 5.56. The van der Waals surface area contributed by atoms with Crippen LogP contribution in [0.15, 0.2) is 79.0 Å². The molecule has 4 aromatic rings. The molecule has 2 aromatic carbocycles. The molecule has 31 heavy (non-hydrogen) atoms. The molecule has 1 N–H and O–H groups in total. The van der Waals surface area contributed by atoms with E-state index in [0.717, 1.165) is 16.8 Å². The lowest BCUT2D eigenvalue weighted by atomic mass is 10.0. The number of hydrogen-bond acceptors (Lipinski definition) is 3. The van der Waals surface area contributed by atoms with Crippen molar-refractivity contribution in [1.82, 2.24) is 4.40 Å². The molecule has 0 radical (unpaired) electrons. The number of ketones is 1. The van der Waals surface area contributed by atoms with Crippen molar-refractivity contribution in [3.63, 3.8) is 0 Å². The zero-order valence-electron chi connectivity index (χ0n) is 17.8. The van der Waals surface area contributed by atoms with Crippen molar-refractivity contribution >= 4 is 22.9 Å². The van der Waals surface area contributed by atoms with Crippen LogP contribution >= 0.6 is 0 Å². The quantitative estimate of drug-likeness (QED) is 0.333. The minimum absolute atomic E-state index is 0.331. The Morgan fingerprint density at radius 1 is 0.935 bits per heavy atom. The van der Waals surface area contributed by atoms with Crippen LogP contribution in [0.25, 0.3) is 16.6 Å². The third kappa shape index (κ3) is 4.08. The lowest BCUT2D eigenvalue weighted by Gasteiger charge is -2.10. The lowest BCUT2D eigenvalue weighted by molar-refractivity contribution is -0.112. The first-order valence-electron chi connectivity index (χ1n) is 10.2. The van der Waals surface area contributed by atoms with Gasteiger partial charge in [0.15, 0.2) is 0 Å². The standard InChI is InChI=1S/C26H24N2O3/c1-17(2)18-7-11-20(12-8-18)27-26(30)25(29)24-23(16-21-6-4-5-15-28(21)24)19-9-13-22(31-3)14-10-19/h4-17H,1-3H3,(H,27,30). The van der Waals surface area contributed by atoms with E-state index in [1.165, 1.54) is 5.56 Å². The van der Waals surface area contributed by atoms with Gasteiger partial charge in [-0.05, 0) is 59.5 Å². The average Bonchev–Trinajstić information content (AvgIpc) is 3.18. The molecule has 5 nitrogen and oxygen atoms in total. The molecule has 0 aliphatic rings. The van der Waals surface area contributed by atoms with Gasteiger partial charge in [-0.2, -0.15) is 0 Å². The van der Waals surface area contributed by atoms with Crippen LogP contribution < -0.4 is 10.1 Å². The summed E-state index contributed by atoms with van der Waals surface area (Å²) < 4.78 is 6.99. The van der Waals surface area contributed by atoms with E-state index in [2.05, 4.69) is 19.2 Å². The molecule has 0 unspecified atom stereocenters. The molecule has 0 aliphatic carbocycles. The number of benzene rings is 2. The second-order valence-electron chi connectivity index (χ2n) is 7.69. The number of rotatable bonds is 6. The number of pyridine rings is 1. The molecule has 1 amide bonds. The first-order chi connectivity index (χ1) is 15.0. The number of Topliss-reactive ketones (excluding diaryl/α,β-unsaturated/α-hetero) is 1. The van der Waals surface area contributed by atoms with E-state index in [-0.39, 0.29) is 0 Å². The number of anilines is 1. The van der Waals surface area contributed by atoms with Crippen LogP contribution in [0.1, 0.15) is 35.8 Å². The summed E-state index contributed by atoms with van der Waals surface area (Å²) in [7, 11) is 1.61. The summed E-state index contributed by atoms with van der Waals surface area (Å²) in [5.41, 5.74) is 4.47. The summed E-state index contributed by atoms with van der Waals surface area (Å²) in [5, 5.41) is 2.74. The van der Waals surface area contributed by atoms with Gasteiger partial charge < -0.3 is 14.5 Å². The maximum atomic E-state index is 13.3. The second-order valence-corrected chi connectivity index (χ2v) is 7.69. The van der Waals surface area contributed by atoms with Gasteiger partial charge in [0.25, 0.3) is 11.7 Å². The summed E-state index contributed by atoms with van der Waals surface area (Å²) in [6.07, 6.45) is 1.79. The Bertz CT molecular complexity index is 1240. The van der Waals surface area contributed by atoms with Crippen LogP contribution in [0.3, 0.4) is 0 Å². The van der Waals surface area contributed by atoms with Crippen LogP contribution in [-0.2, 0) is 4.79 Å². The van der Waals surface area contributed by atoms with E-state index in [1.807, 2.05) is 72.8 Å². The lowest BCUT2D eigenvalue weighted by Crippen LogP contribution is -2.24. The number of aromatic nitrogens is 1. The molecular weight excluding hydrogens is 388 g/mol. The smallest absolute Gasteiger partial charge is 0.298 e. The Balaban J connectivity index is 1.70. The van der Waals surface area contributed by atoms with Crippen molar-refractivity contribution < 1.29 is 14.3 Å². The Hall–Kier alpha value is -3.86. The van der Waals surface area contributed by atoms with Crippen molar-refractivity contribution in [3.05, 3.63) is 90.3 Å². The van der Waals surface area contributed by atoms with Crippen molar-refractivity contribution in [3.8, 4) is 16.9 Å². The van der Waals surface area contributed by atoms with Crippen molar-refractivity contribution in [2.75, 3.05) is 12.4 Å². The third-order valence-corrected chi connectivity index (χ3v) is 5.34. The SMILES string of the molecule is COc1ccc(-c2cc3ccccn3c2C(=O)C(=O)Nc2ccc(C(C)C)cc2)cc1. The molecule has 4 rings (SSSR count). The summed E-state index contributed by atoms with van der Waals surface area (Å²) in [5.74, 6) is -0.144. The van der Waals surface area contributed by atoms with Gasteiger partial charge in [0.1, 0.15) is 11.4 Å². The number of hydrogen-bond donors (Lipinski definition) is 1. The summed E-state index contributed by atoms with van der Waals surface area (Å²) in [4.78, 5) is 26.1. The van der Waals surface area contributed by atoms with Crippen molar-refractivity contribution in [1.29, 1.82) is 0 Å². The highest BCUT2D eigenvalue weighted by atomic mass is 16.5. The molecule has 5 heteroatoms. The summed E-state index contributed by atoms with van der Waals surface area (Å²) in [6.45, 7) is 4.21. The average molecular weight is 412 g/mol. The van der Waals surface area contributed by atoms with Crippen LogP contribution in [0.4, 0.5) is 5.69 Å². The van der Waals surface area contributed by atoms with Crippen LogP contribution in [0.2, 0.25) is 0 Å². The van der Waals surface area contributed by atoms with Gasteiger partial charge >= 0.3 is 0 Å². The monoisotopic (exact) mass is 412 g/mol. The normalized spacial score (nSPS) is 11.0. The number of ether oxygens (including phenoxy) is 1. The fraction of sp³-hybridized carbons (Fsp3) is 0.154. The number of nitrogens with zero attached hydrogens (tertiary/aromatic N) is 1. The van der Waals surface area contributed by atoms with E-state index in [1.54, 1.807) is 17.7 Å². The minimum atomic E-state index is -0.670. The molecule has 0 atom stereocenters. The number of carbonyl (C=O) groups excluding carboxylic acids is 2. The summed E-state index contributed by atoms with van der Waals surface area (Å²) in [6, 6.07) is 22.6. The van der Waals surface area contributed by atoms with Crippen molar-refractivity contribution in [2.24, 2.45) is 0 Å². The number of nitrogens with one attached hydrogen (secondary N) is 1. The molecule has 0 fully saturated rings. The first-order valence-corrected chi connectivity index (χ1v) is 10.2. The highest BCUT2D eigenvalue weighted by Gasteiger charge is 2.25. The van der Waals surface area contributed by atoms with Gasteiger partial charge in [-0.3, -0.25) is 9.59 Å². The fourth-order valence-corrected chi connectivity index (χ4v) is 3.59. The molecule has 0 aliphatic heterocycles. The Morgan fingerprint density at radius 2 is 1.65 bits per heavy atom. The van der Waals surface area contributed by atoms with Crippen LogP contribution in [-0.4, -0.2) is 23.2 Å². The van der Waals surface area contributed by atoms with Crippen molar-refractivity contribution in [2.45, 2.75) is 19.8 Å². The zero-order valence-corrected chi connectivity index (χ0v) is 17.8. The van der Waals surface area contributed by atoms with Gasteiger partial charge in [-0.1, -0.05) is 44.2 Å². The van der Waals surface area contributed by atoms with Crippen LogP contribution in [0.5, 0.6) is 5.75 Å². The molecular formula is C26H24N2O3. The number of methoxy groups -OCH3 is 1. The van der Waals surface area contributed by atoms with E-state index >= 15 is 0 Å². The van der Waals surface area contributed by atoms with Gasteiger partial charge in [0.2, 0.25) is 0 Å². The Labute approximate surface area is 181 Å². The molecule has 0 bridgehead atoms. The van der Waals surface area contributed by atoms with Gasteiger partial charge in [-0.15, -0.1) is 0 Å². The number of amides is 1. The maximum absolute atomic E-state index is 13.3. The predicted molar refractivity (Wildman–Crippen MR) is 123 cm³/mol. The third-order valence-electron chi connectivity index (χ3n) is 5.34. The molecule has 0 saturated heterocycles. The van der Waals surface area contributed by atoms with Gasteiger partial charge in [0, 0.05) is 23.0 Å². The zero-order chi connectivity index (χ0) is 22.0. The highest BCUT2D eigenvalue weighted by Crippen LogP contribution is 2.30. The fourth-order valence-electron chi connectivity index (χ4n) is 3.59. The maximum Gasteiger partial charge on any atom is 0.298 e. The summed E-state index contributed by atoms with van der Waals surface area (Å²) >= 11 is 0. The van der Waals surface area contributed by atoms with Gasteiger partial charge in [0.05, 0.1) is 7.11 Å². The van der Waals surface area contributed by atoms with E-state index < -0.39 is 11.7 Å². The second kappa shape index (κ2) is 8.48. The Kier molecular flexibility index (Phi) is 5.58. The molecule has 0 saturated carbocycles.